The molecule has 1 saturated heterocycles. The molecule has 0 aromatic carbocycles. The van der Waals surface area contributed by atoms with Crippen LogP contribution >= 0.6 is 0 Å². The Morgan fingerprint density at radius 1 is 1.41 bits per heavy atom. The molecule has 0 aromatic rings. The third-order valence-corrected chi connectivity index (χ3v) is 2.26. The van der Waals surface area contributed by atoms with E-state index in [1.54, 1.807) is 20.8 Å². The molecule has 0 amide bonds. The first-order chi connectivity index (χ1) is 7.79. The number of hydrogen-bond donors (Lipinski definition) is 1. The second-order valence-corrected chi connectivity index (χ2v) is 4.90. The monoisotopic (exact) mass is 240 g/mol. The smallest absolute Gasteiger partial charge is 0.428 e. The Balaban J connectivity index is 2.60. The van der Waals surface area contributed by atoms with Crippen LogP contribution in [-0.2, 0) is 14.3 Å². The number of nitrogens with zero attached hydrogens (tertiary/aromatic N) is 1. The Morgan fingerprint density at radius 2 is 2.06 bits per heavy atom. The molecular formula is C11H16N2O4. The molecule has 0 aliphatic carbocycles. The van der Waals surface area contributed by atoms with Crippen LogP contribution in [0.1, 0.15) is 33.6 Å². The molecular weight excluding hydrogens is 224 g/mol. The maximum atomic E-state index is 11.7. The van der Waals surface area contributed by atoms with Gasteiger partial charge >= 0.3 is 12.1 Å². The molecule has 0 bridgehead atoms. The highest BCUT2D eigenvalue weighted by molar-refractivity contribution is 5.91. The van der Waals surface area contributed by atoms with Gasteiger partial charge in [-0.3, -0.25) is 5.32 Å². The largest absolute Gasteiger partial charge is 0.516 e. The Bertz CT molecular complexity index is 359. The van der Waals surface area contributed by atoms with Gasteiger partial charge in [-0.05, 0) is 40.2 Å². The summed E-state index contributed by atoms with van der Waals surface area (Å²) in [6, 6.07) is 1.85. The van der Waals surface area contributed by atoms with Gasteiger partial charge in [0.25, 0.3) is 0 Å². The van der Waals surface area contributed by atoms with Gasteiger partial charge in [0, 0.05) is 0 Å². The molecule has 1 rings (SSSR count). The second-order valence-electron chi connectivity index (χ2n) is 4.90. The average molecular weight is 240 g/mol. The zero-order valence-corrected chi connectivity index (χ0v) is 10.2. The minimum absolute atomic E-state index is 0.338. The van der Waals surface area contributed by atoms with Crippen LogP contribution in [0, 0.1) is 11.3 Å². The number of ether oxygens (including phenoxy) is 2. The minimum atomic E-state index is -1.41. The Morgan fingerprint density at radius 3 is 2.47 bits per heavy atom. The van der Waals surface area contributed by atoms with Gasteiger partial charge < -0.3 is 9.47 Å². The predicted octanol–water partition coefficient (Wildman–Crippen LogP) is 1.11. The molecule has 1 N–H and O–H groups in total. The number of rotatable bonds is 1. The lowest BCUT2D eigenvalue weighted by molar-refractivity contribution is -0.146. The highest BCUT2D eigenvalue weighted by atomic mass is 16.7. The molecule has 0 saturated carbocycles. The molecule has 0 unspecified atom stereocenters. The van der Waals surface area contributed by atoms with Gasteiger partial charge in [0.15, 0.2) is 0 Å². The molecule has 1 aliphatic heterocycles. The summed E-state index contributed by atoms with van der Waals surface area (Å²) in [6.45, 7) is 5.53. The highest BCUT2D eigenvalue weighted by Gasteiger charge is 2.44. The summed E-state index contributed by atoms with van der Waals surface area (Å²) in [4.78, 5) is 23.0. The van der Waals surface area contributed by atoms with E-state index in [0.29, 0.717) is 19.4 Å². The van der Waals surface area contributed by atoms with Gasteiger partial charge in [-0.25, -0.2) is 9.59 Å². The van der Waals surface area contributed by atoms with E-state index >= 15 is 0 Å². The summed E-state index contributed by atoms with van der Waals surface area (Å²) in [7, 11) is 0. The van der Waals surface area contributed by atoms with E-state index in [4.69, 9.17) is 10.00 Å². The highest BCUT2D eigenvalue weighted by Crippen LogP contribution is 2.20. The van der Waals surface area contributed by atoms with Crippen molar-refractivity contribution in [2.45, 2.75) is 44.8 Å². The predicted molar refractivity (Wildman–Crippen MR) is 57.9 cm³/mol. The summed E-state index contributed by atoms with van der Waals surface area (Å²) in [5.41, 5.74) is -2.14. The Kier molecular flexibility index (Phi) is 3.73. The normalized spacial score (nSPS) is 23.9. The average Bonchev–Trinajstić information content (AvgIpc) is 2.63. The van der Waals surface area contributed by atoms with Crippen molar-refractivity contribution in [3.05, 3.63) is 0 Å². The second kappa shape index (κ2) is 4.72. The van der Waals surface area contributed by atoms with Crippen molar-refractivity contribution in [3.8, 4) is 6.07 Å². The molecule has 1 atom stereocenters. The number of carbonyl (C=O) groups excluding carboxylic acids is 2. The molecule has 1 aliphatic rings. The Labute approximate surface area is 99.9 Å². The van der Waals surface area contributed by atoms with Crippen LogP contribution in [0.15, 0.2) is 0 Å². The Hall–Kier alpha value is -1.61. The van der Waals surface area contributed by atoms with Gasteiger partial charge in [0.05, 0.1) is 6.07 Å². The summed E-state index contributed by atoms with van der Waals surface area (Å²) in [6.07, 6.45) is -0.0481. The van der Waals surface area contributed by atoms with Crippen LogP contribution in [0.2, 0.25) is 0 Å². The summed E-state index contributed by atoms with van der Waals surface area (Å²) < 4.78 is 9.36. The van der Waals surface area contributed by atoms with E-state index in [1.165, 1.54) is 0 Å². The van der Waals surface area contributed by atoms with Gasteiger partial charge in [-0.2, -0.15) is 5.26 Å². The third-order valence-electron chi connectivity index (χ3n) is 2.26. The standard InChI is InChI=1S/C11H16N2O4/c1-10(2,3)17-9(15)16-8(14)11(7-12)5-4-6-13-11/h13H,4-6H2,1-3H3/t11-/m1/s1. The third kappa shape index (κ3) is 3.43. The minimum Gasteiger partial charge on any atom is -0.428 e. The van der Waals surface area contributed by atoms with E-state index in [2.05, 4.69) is 10.1 Å². The molecule has 6 nitrogen and oxygen atoms in total. The zero-order chi connectivity index (χ0) is 13.1. The molecule has 0 spiro atoms. The van der Waals surface area contributed by atoms with E-state index in [1.807, 2.05) is 6.07 Å². The van der Waals surface area contributed by atoms with Crippen LogP contribution in [0.5, 0.6) is 0 Å². The van der Waals surface area contributed by atoms with Crippen molar-refractivity contribution >= 4 is 12.1 Å². The molecule has 6 heteroatoms. The molecule has 0 aromatic heterocycles. The van der Waals surface area contributed by atoms with Crippen molar-refractivity contribution in [1.82, 2.24) is 5.32 Å². The van der Waals surface area contributed by atoms with Crippen molar-refractivity contribution < 1.29 is 19.1 Å². The van der Waals surface area contributed by atoms with E-state index in [0.717, 1.165) is 0 Å². The topological polar surface area (TPSA) is 88.4 Å². The molecule has 1 heterocycles. The molecule has 1 fully saturated rings. The van der Waals surface area contributed by atoms with E-state index < -0.39 is 23.3 Å². The lowest BCUT2D eigenvalue weighted by Gasteiger charge is -2.21. The fourth-order valence-electron chi connectivity index (χ4n) is 1.49. The van der Waals surface area contributed by atoms with Crippen molar-refractivity contribution in [2.75, 3.05) is 6.54 Å². The number of hydrogen-bond acceptors (Lipinski definition) is 6. The SMILES string of the molecule is CC(C)(C)OC(=O)OC(=O)[C@]1(C#N)CCCN1. The van der Waals surface area contributed by atoms with Crippen LogP contribution in [0.3, 0.4) is 0 Å². The number of carbonyl (C=O) groups is 2. The van der Waals surface area contributed by atoms with Crippen LogP contribution in [0.4, 0.5) is 4.79 Å². The number of nitrogens with one attached hydrogen (secondary N) is 1. The fraction of sp³-hybridized carbons (Fsp3) is 0.727. The molecule has 0 radical (unpaired) electrons. The van der Waals surface area contributed by atoms with Crippen LogP contribution in [-0.4, -0.2) is 29.8 Å². The summed E-state index contributed by atoms with van der Waals surface area (Å²) in [5, 5.41) is 11.7. The first-order valence-electron chi connectivity index (χ1n) is 5.41. The maximum Gasteiger partial charge on any atom is 0.516 e. The van der Waals surface area contributed by atoms with Gasteiger partial charge in [0.1, 0.15) is 5.60 Å². The first kappa shape index (κ1) is 13.5. The lowest BCUT2D eigenvalue weighted by atomic mass is 10.0. The van der Waals surface area contributed by atoms with E-state index in [-0.39, 0.29) is 0 Å². The first-order valence-corrected chi connectivity index (χ1v) is 5.41. The van der Waals surface area contributed by atoms with Crippen molar-refractivity contribution in [3.63, 3.8) is 0 Å². The van der Waals surface area contributed by atoms with Crippen molar-refractivity contribution in [2.24, 2.45) is 0 Å². The number of nitriles is 1. The molecule has 17 heavy (non-hydrogen) atoms. The maximum absolute atomic E-state index is 11.7. The van der Waals surface area contributed by atoms with Gasteiger partial charge in [-0.15, -0.1) is 0 Å². The summed E-state index contributed by atoms with van der Waals surface area (Å²) >= 11 is 0. The van der Waals surface area contributed by atoms with E-state index in [9.17, 15) is 9.59 Å². The lowest BCUT2D eigenvalue weighted by Crippen LogP contribution is -2.48. The van der Waals surface area contributed by atoms with Gasteiger partial charge in [0.2, 0.25) is 5.54 Å². The summed E-state index contributed by atoms with van der Waals surface area (Å²) in [5.74, 6) is -0.897. The quantitative estimate of drug-likeness (QED) is 0.545. The van der Waals surface area contributed by atoms with Gasteiger partial charge in [-0.1, -0.05) is 0 Å². The fourth-order valence-corrected chi connectivity index (χ4v) is 1.49. The zero-order valence-electron chi connectivity index (χ0n) is 10.2. The number of esters is 1. The van der Waals surface area contributed by atoms with Crippen LogP contribution in [0.25, 0.3) is 0 Å². The molecule has 94 valence electrons. The van der Waals surface area contributed by atoms with Crippen molar-refractivity contribution in [1.29, 1.82) is 5.26 Å². The van der Waals surface area contributed by atoms with Crippen LogP contribution < -0.4 is 5.32 Å².